The van der Waals surface area contributed by atoms with E-state index >= 15 is 0 Å². The summed E-state index contributed by atoms with van der Waals surface area (Å²) in [6.45, 7) is 2.55. The number of carbonyl (C=O) groups excluding carboxylic acids is 1. The summed E-state index contributed by atoms with van der Waals surface area (Å²) in [6, 6.07) is 7.49. The number of rotatable bonds is 8. The third kappa shape index (κ3) is 4.82. The van der Waals surface area contributed by atoms with Crippen LogP contribution in [-0.4, -0.2) is 24.5 Å². The van der Waals surface area contributed by atoms with E-state index in [2.05, 4.69) is 10.3 Å². The Labute approximate surface area is 136 Å². The number of nitrogens with two attached hydrogens (primary N) is 1. The van der Waals surface area contributed by atoms with E-state index in [9.17, 15) is 4.79 Å². The van der Waals surface area contributed by atoms with Crippen molar-refractivity contribution in [3.8, 4) is 5.75 Å². The number of carbonyl (C=O) groups is 1. The van der Waals surface area contributed by atoms with Crippen molar-refractivity contribution < 1.29 is 13.9 Å². The molecule has 0 saturated heterocycles. The maximum absolute atomic E-state index is 12.1. The molecular formula is C17H23N3O3. The van der Waals surface area contributed by atoms with Crippen LogP contribution in [0.5, 0.6) is 5.75 Å². The van der Waals surface area contributed by atoms with Gasteiger partial charge in [-0.05, 0) is 30.5 Å². The van der Waals surface area contributed by atoms with Gasteiger partial charge in [-0.15, -0.1) is 0 Å². The zero-order valence-corrected chi connectivity index (χ0v) is 13.5. The van der Waals surface area contributed by atoms with E-state index in [0.29, 0.717) is 18.9 Å². The Morgan fingerprint density at radius 3 is 3.04 bits per heavy atom. The van der Waals surface area contributed by atoms with Crippen molar-refractivity contribution in [3.63, 3.8) is 0 Å². The summed E-state index contributed by atoms with van der Waals surface area (Å²) in [7, 11) is 1.63. The highest BCUT2D eigenvalue weighted by molar-refractivity contribution is 5.91. The molecule has 1 aromatic heterocycles. The van der Waals surface area contributed by atoms with Crippen LogP contribution in [0.4, 0.5) is 0 Å². The average molecular weight is 317 g/mol. The van der Waals surface area contributed by atoms with Gasteiger partial charge in [-0.2, -0.15) is 0 Å². The number of nitrogens with zero attached hydrogens (tertiary/aromatic N) is 1. The normalized spacial score (nSPS) is 12.0. The molecule has 0 spiro atoms. The molecule has 124 valence electrons. The van der Waals surface area contributed by atoms with Gasteiger partial charge >= 0.3 is 0 Å². The molecule has 2 aromatic rings. The van der Waals surface area contributed by atoms with Crippen LogP contribution in [0.25, 0.3) is 0 Å². The molecule has 0 aliphatic carbocycles. The van der Waals surface area contributed by atoms with Gasteiger partial charge in [0.1, 0.15) is 12.0 Å². The van der Waals surface area contributed by atoms with E-state index in [1.807, 2.05) is 31.2 Å². The number of ether oxygens (including phenoxy) is 1. The van der Waals surface area contributed by atoms with E-state index in [-0.39, 0.29) is 17.6 Å². The topological polar surface area (TPSA) is 90.4 Å². The van der Waals surface area contributed by atoms with Crippen molar-refractivity contribution in [2.75, 3.05) is 13.7 Å². The number of amides is 1. The number of hydrogen-bond donors (Lipinski definition) is 2. The van der Waals surface area contributed by atoms with Gasteiger partial charge in [0.05, 0.1) is 13.2 Å². The molecule has 0 aliphatic heterocycles. The first-order chi connectivity index (χ1) is 11.1. The monoisotopic (exact) mass is 317 g/mol. The first kappa shape index (κ1) is 17.0. The van der Waals surface area contributed by atoms with Gasteiger partial charge in [0, 0.05) is 6.54 Å². The molecule has 6 heteroatoms. The molecular weight excluding hydrogens is 294 g/mol. The minimum absolute atomic E-state index is 0.258. The summed E-state index contributed by atoms with van der Waals surface area (Å²) in [5.74, 6) is 0.955. The number of nitrogens with one attached hydrogen (secondary N) is 1. The minimum atomic E-state index is -0.265. The van der Waals surface area contributed by atoms with E-state index in [4.69, 9.17) is 14.9 Å². The Balaban J connectivity index is 1.85. The Bertz CT molecular complexity index is 640. The fourth-order valence-electron chi connectivity index (χ4n) is 2.24. The number of methoxy groups -OCH3 is 1. The molecule has 0 aliphatic rings. The van der Waals surface area contributed by atoms with Crippen LogP contribution in [-0.2, 0) is 6.42 Å². The fraction of sp³-hybridized carbons (Fsp3) is 0.412. The second kappa shape index (κ2) is 8.33. The second-order valence-corrected chi connectivity index (χ2v) is 5.32. The maximum atomic E-state index is 12.1. The smallest absolute Gasteiger partial charge is 0.273 e. The number of oxazole rings is 1. The Kier molecular flexibility index (Phi) is 6.17. The second-order valence-electron chi connectivity index (χ2n) is 5.32. The molecule has 1 aromatic carbocycles. The van der Waals surface area contributed by atoms with E-state index in [0.717, 1.165) is 24.2 Å². The van der Waals surface area contributed by atoms with Crippen LogP contribution in [0.15, 0.2) is 34.9 Å². The summed E-state index contributed by atoms with van der Waals surface area (Å²) >= 11 is 0. The summed E-state index contributed by atoms with van der Waals surface area (Å²) in [5.41, 5.74) is 7.28. The van der Waals surface area contributed by atoms with Crippen LogP contribution in [0.2, 0.25) is 0 Å². The molecule has 1 heterocycles. The van der Waals surface area contributed by atoms with Crippen molar-refractivity contribution in [1.29, 1.82) is 0 Å². The average Bonchev–Trinajstić information content (AvgIpc) is 3.05. The van der Waals surface area contributed by atoms with Crippen LogP contribution in [0.3, 0.4) is 0 Å². The van der Waals surface area contributed by atoms with Gasteiger partial charge in [-0.25, -0.2) is 4.98 Å². The molecule has 1 amide bonds. The summed E-state index contributed by atoms with van der Waals surface area (Å²) < 4.78 is 10.5. The standard InChI is InChI=1S/C17H23N3O3/c1-3-5-14(18)17-20-15(11-23-17)16(21)19-9-8-12-6-4-7-13(10-12)22-2/h4,6-7,10-11,14H,3,5,8-9,18H2,1-2H3,(H,19,21). The molecule has 6 nitrogen and oxygen atoms in total. The van der Waals surface area contributed by atoms with E-state index in [1.54, 1.807) is 7.11 Å². The van der Waals surface area contributed by atoms with Gasteiger partial charge in [-0.3, -0.25) is 4.79 Å². The molecule has 0 saturated carbocycles. The molecule has 0 fully saturated rings. The first-order valence-corrected chi connectivity index (χ1v) is 7.76. The van der Waals surface area contributed by atoms with E-state index in [1.165, 1.54) is 6.26 Å². The van der Waals surface area contributed by atoms with Crippen molar-refractivity contribution in [2.45, 2.75) is 32.2 Å². The highest BCUT2D eigenvalue weighted by Gasteiger charge is 2.16. The Hall–Kier alpha value is -2.34. The third-order valence-corrected chi connectivity index (χ3v) is 3.50. The van der Waals surface area contributed by atoms with Crippen molar-refractivity contribution in [3.05, 3.63) is 47.7 Å². The van der Waals surface area contributed by atoms with E-state index < -0.39 is 0 Å². The SMILES string of the molecule is CCCC(N)c1nc(C(=O)NCCc2cccc(OC)c2)co1. The molecule has 0 radical (unpaired) electrons. The lowest BCUT2D eigenvalue weighted by molar-refractivity contribution is 0.0949. The lowest BCUT2D eigenvalue weighted by atomic mass is 10.1. The molecule has 0 bridgehead atoms. The first-order valence-electron chi connectivity index (χ1n) is 7.76. The van der Waals surface area contributed by atoms with Gasteiger partial charge in [0.2, 0.25) is 5.89 Å². The van der Waals surface area contributed by atoms with Crippen molar-refractivity contribution in [1.82, 2.24) is 10.3 Å². The highest BCUT2D eigenvalue weighted by atomic mass is 16.5. The zero-order valence-electron chi connectivity index (χ0n) is 13.5. The maximum Gasteiger partial charge on any atom is 0.273 e. The predicted molar refractivity (Wildman–Crippen MR) is 87.4 cm³/mol. The molecule has 1 atom stereocenters. The van der Waals surface area contributed by atoms with Gasteiger partial charge in [0.15, 0.2) is 5.69 Å². The van der Waals surface area contributed by atoms with Crippen LogP contribution in [0, 0.1) is 0 Å². The van der Waals surface area contributed by atoms with Gasteiger partial charge in [0.25, 0.3) is 5.91 Å². The fourth-order valence-corrected chi connectivity index (χ4v) is 2.24. The minimum Gasteiger partial charge on any atom is -0.497 e. The van der Waals surface area contributed by atoms with Crippen LogP contribution < -0.4 is 15.8 Å². The highest BCUT2D eigenvalue weighted by Crippen LogP contribution is 2.15. The number of aromatic nitrogens is 1. The number of hydrogen-bond acceptors (Lipinski definition) is 5. The Morgan fingerprint density at radius 2 is 2.30 bits per heavy atom. The lowest BCUT2D eigenvalue weighted by Crippen LogP contribution is -2.26. The molecule has 23 heavy (non-hydrogen) atoms. The van der Waals surface area contributed by atoms with Crippen LogP contribution >= 0.6 is 0 Å². The van der Waals surface area contributed by atoms with Crippen molar-refractivity contribution >= 4 is 5.91 Å². The number of benzene rings is 1. The van der Waals surface area contributed by atoms with Crippen LogP contribution in [0.1, 0.15) is 47.7 Å². The molecule has 2 rings (SSSR count). The van der Waals surface area contributed by atoms with Crippen molar-refractivity contribution in [2.24, 2.45) is 5.73 Å². The largest absolute Gasteiger partial charge is 0.497 e. The quantitative estimate of drug-likeness (QED) is 0.780. The lowest BCUT2D eigenvalue weighted by Gasteiger charge is -2.05. The van der Waals surface area contributed by atoms with Gasteiger partial charge in [-0.1, -0.05) is 25.5 Å². The summed E-state index contributed by atoms with van der Waals surface area (Å²) in [6.07, 6.45) is 3.78. The Morgan fingerprint density at radius 1 is 1.48 bits per heavy atom. The third-order valence-electron chi connectivity index (χ3n) is 3.50. The van der Waals surface area contributed by atoms with Gasteiger partial charge < -0.3 is 20.2 Å². The molecule has 3 N–H and O–H groups in total. The molecule has 1 unspecified atom stereocenters. The summed E-state index contributed by atoms with van der Waals surface area (Å²) in [5, 5.41) is 2.83. The predicted octanol–water partition coefficient (Wildman–Crippen LogP) is 2.46. The zero-order chi connectivity index (χ0) is 16.7. The summed E-state index contributed by atoms with van der Waals surface area (Å²) in [4.78, 5) is 16.2.